The molecule has 1 aliphatic carbocycles. The number of phenols is 1. The molecule has 2 aromatic rings. The third-order valence-corrected chi connectivity index (χ3v) is 6.08. The van der Waals surface area contributed by atoms with Crippen molar-refractivity contribution >= 4 is 29.5 Å². The summed E-state index contributed by atoms with van der Waals surface area (Å²) in [7, 11) is 1.67. The molecule has 1 aromatic carbocycles. The zero-order valence-corrected chi connectivity index (χ0v) is 18.4. The highest BCUT2D eigenvalue weighted by Crippen LogP contribution is 2.40. The number of nitrogens with zero attached hydrogens (tertiary/aromatic N) is 4. The molecule has 1 saturated carbocycles. The molecular formula is C22H26FN5O5. The Morgan fingerprint density at radius 3 is 2.67 bits per heavy atom. The summed E-state index contributed by atoms with van der Waals surface area (Å²) in [5.41, 5.74) is 0.491. The van der Waals surface area contributed by atoms with E-state index in [1.54, 1.807) is 20.2 Å². The summed E-state index contributed by atoms with van der Waals surface area (Å²) in [5, 5.41) is 22.3. The molecule has 0 atom stereocenters. The zero-order chi connectivity index (χ0) is 23.7. The Morgan fingerprint density at radius 2 is 2.03 bits per heavy atom. The fourth-order valence-electron chi connectivity index (χ4n) is 4.41. The Bertz CT molecular complexity index is 1070. The van der Waals surface area contributed by atoms with Crippen LogP contribution in [0.3, 0.4) is 0 Å². The SMILES string of the molecule is CCOc1cc(O)c(F)c(N2Cc3cnc(NC)nc3N(C3CCC(C(=O)O)CC3)C2=O)c1. The van der Waals surface area contributed by atoms with Crippen molar-refractivity contribution in [2.45, 2.75) is 45.2 Å². The number of carboxylic acid groups (broad SMARTS) is 1. The van der Waals surface area contributed by atoms with E-state index in [0.29, 0.717) is 49.6 Å². The van der Waals surface area contributed by atoms with Crippen molar-refractivity contribution in [1.29, 1.82) is 0 Å². The van der Waals surface area contributed by atoms with Crippen molar-refractivity contribution in [3.8, 4) is 11.5 Å². The van der Waals surface area contributed by atoms with Gasteiger partial charge in [-0.05, 0) is 32.6 Å². The van der Waals surface area contributed by atoms with E-state index in [1.807, 2.05) is 0 Å². The maximum Gasteiger partial charge on any atom is 0.330 e. The number of carboxylic acids is 1. The van der Waals surface area contributed by atoms with Crippen LogP contribution in [0.1, 0.15) is 38.2 Å². The van der Waals surface area contributed by atoms with Gasteiger partial charge >= 0.3 is 12.0 Å². The van der Waals surface area contributed by atoms with E-state index in [-0.39, 0.29) is 24.0 Å². The van der Waals surface area contributed by atoms with Gasteiger partial charge in [-0.1, -0.05) is 0 Å². The number of aromatic hydroxyl groups is 1. The van der Waals surface area contributed by atoms with E-state index in [1.165, 1.54) is 15.9 Å². The number of halogens is 1. The molecule has 0 saturated heterocycles. The number of hydrogen-bond acceptors (Lipinski definition) is 7. The van der Waals surface area contributed by atoms with E-state index >= 15 is 0 Å². The standard InChI is InChI=1S/C22H26FN5O5/c1-3-33-15-8-16(18(23)17(29)9-15)27-11-13-10-25-21(24-2)26-19(13)28(22(27)32)14-6-4-12(5-7-14)20(30)31/h8-10,12,14,29H,3-7,11H2,1-2H3,(H,30,31)(H,24,25,26). The maximum absolute atomic E-state index is 15.0. The molecule has 3 N–H and O–H groups in total. The second-order valence-electron chi connectivity index (χ2n) is 8.08. The monoisotopic (exact) mass is 459 g/mol. The number of benzene rings is 1. The van der Waals surface area contributed by atoms with Gasteiger partial charge in [-0.15, -0.1) is 0 Å². The fraction of sp³-hybridized carbons (Fsp3) is 0.455. The molecule has 1 fully saturated rings. The zero-order valence-electron chi connectivity index (χ0n) is 18.4. The van der Waals surface area contributed by atoms with Gasteiger partial charge in [0.1, 0.15) is 11.6 Å². The van der Waals surface area contributed by atoms with Gasteiger partial charge in [-0.2, -0.15) is 4.98 Å². The highest BCUT2D eigenvalue weighted by atomic mass is 19.1. The van der Waals surface area contributed by atoms with Crippen molar-refractivity contribution in [1.82, 2.24) is 9.97 Å². The quantitative estimate of drug-likeness (QED) is 0.600. The Balaban J connectivity index is 1.75. The average molecular weight is 459 g/mol. The predicted octanol–water partition coefficient (Wildman–Crippen LogP) is 3.35. The Kier molecular flexibility index (Phi) is 6.21. The second-order valence-corrected chi connectivity index (χ2v) is 8.08. The number of aromatic nitrogens is 2. The van der Waals surface area contributed by atoms with Crippen LogP contribution in [0.25, 0.3) is 0 Å². The molecule has 0 bridgehead atoms. The van der Waals surface area contributed by atoms with Gasteiger partial charge in [-0.3, -0.25) is 14.6 Å². The van der Waals surface area contributed by atoms with E-state index in [0.717, 1.165) is 6.07 Å². The van der Waals surface area contributed by atoms with Gasteiger partial charge in [0, 0.05) is 37.0 Å². The van der Waals surface area contributed by atoms with Crippen LogP contribution in [0.2, 0.25) is 0 Å². The molecular weight excluding hydrogens is 433 g/mol. The van der Waals surface area contributed by atoms with Crippen molar-refractivity contribution in [3.63, 3.8) is 0 Å². The van der Waals surface area contributed by atoms with Gasteiger partial charge in [0.25, 0.3) is 0 Å². The number of fused-ring (bicyclic) bond motifs is 1. The first-order valence-corrected chi connectivity index (χ1v) is 10.9. The summed E-state index contributed by atoms with van der Waals surface area (Å²) in [5.74, 6) is -1.86. The lowest BCUT2D eigenvalue weighted by atomic mass is 9.85. The van der Waals surface area contributed by atoms with E-state index in [2.05, 4.69) is 15.3 Å². The first-order chi connectivity index (χ1) is 15.8. The van der Waals surface area contributed by atoms with Crippen molar-refractivity contribution in [2.75, 3.05) is 28.8 Å². The largest absolute Gasteiger partial charge is 0.505 e. The lowest BCUT2D eigenvalue weighted by Gasteiger charge is -2.42. The van der Waals surface area contributed by atoms with Crippen LogP contribution in [-0.2, 0) is 11.3 Å². The number of rotatable bonds is 6. The number of phenolic OH excluding ortho intramolecular Hbond substituents is 1. The highest BCUT2D eigenvalue weighted by Gasteiger charge is 2.40. The molecule has 0 unspecified atom stereocenters. The fourth-order valence-corrected chi connectivity index (χ4v) is 4.41. The van der Waals surface area contributed by atoms with Crippen LogP contribution in [0, 0.1) is 11.7 Å². The maximum atomic E-state index is 15.0. The van der Waals surface area contributed by atoms with Gasteiger partial charge < -0.3 is 20.3 Å². The minimum atomic E-state index is -0.933. The number of aliphatic carboxylic acids is 1. The summed E-state index contributed by atoms with van der Waals surface area (Å²) in [4.78, 5) is 36.5. The smallest absolute Gasteiger partial charge is 0.330 e. The van der Waals surface area contributed by atoms with Gasteiger partial charge in [-0.25, -0.2) is 14.2 Å². The summed E-state index contributed by atoms with van der Waals surface area (Å²) < 4.78 is 20.4. The van der Waals surface area contributed by atoms with Crippen LogP contribution < -0.4 is 19.9 Å². The number of nitrogens with one attached hydrogen (secondary N) is 1. The number of amides is 2. The van der Waals surface area contributed by atoms with Crippen molar-refractivity contribution < 1.29 is 28.9 Å². The van der Waals surface area contributed by atoms with E-state index < -0.39 is 29.5 Å². The molecule has 33 heavy (non-hydrogen) atoms. The van der Waals surface area contributed by atoms with E-state index in [9.17, 15) is 24.2 Å². The summed E-state index contributed by atoms with van der Waals surface area (Å²) in [6, 6.07) is 1.73. The highest BCUT2D eigenvalue weighted by molar-refractivity contribution is 6.06. The number of carbonyl (C=O) groups excluding carboxylic acids is 1. The Labute approximate surface area is 190 Å². The second kappa shape index (κ2) is 9.08. The molecule has 2 heterocycles. The van der Waals surface area contributed by atoms with Crippen LogP contribution in [0.15, 0.2) is 18.3 Å². The minimum absolute atomic E-state index is 0.00503. The average Bonchev–Trinajstić information content (AvgIpc) is 2.81. The molecule has 0 radical (unpaired) electrons. The molecule has 176 valence electrons. The Morgan fingerprint density at radius 1 is 1.30 bits per heavy atom. The molecule has 10 nitrogen and oxygen atoms in total. The number of carbonyl (C=O) groups is 2. The number of anilines is 3. The predicted molar refractivity (Wildman–Crippen MR) is 118 cm³/mol. The van der Waals surface area contributed by atoms with Crippen LogP contribution in [0.4, 0.5) is 26.6 Å². The van der Waals surface area contributed by atoms with Crippen LogP contribution in [0.5, 0.6) is 11.5 Å². The van der Waals surface area contributed by atoms with Gasteiger partial charge in [0.2, 0.25) is 5.95 Å². The normalized spacial score (nSPS) is 20.4. The van der Waals surface area contributed by atoms with Crippen LogP contribution in [-0.4, -0.2) is 51.9 Å². The first-order valence-electron chi connectivity index (χ1n) is 10.9. The molecule has 1 aliphatic heterocycles. The lowest BCUT2D eigenvalue weighted by molar-refractivity contribution is -0.142. The molecule has 2 amide bonds. The van der Waals surface area contributed by atoms with Crippen molar-refractivity contribution in [2.24, 2.45) is 5.92 Å². The Hall–Kier alpha value is -3.63. The topological polar surface area (TPSA) is 128 Å². The third-order valence-electron chi connectivity index (χ3n) is 6.08. The minimum Gasteiger partial charge on any atom is -0.505 e. The van der Waals surface area contributed by atoms with E-state index in [4.69, 9.17) is 4.74 Å². The lowest BCUT2D eigenvalue weighted by Crippen LogP contribution is -2.53. The van der Waals surface area contributed by atoms with Crippen LogP contribution >= 0.6 is 0 Å². The summed E-state index contributed by atoms with van der Waals surface area (Å²) in [6.45, 7) is 2.07. The van der Waals surface area contributed by atoms with Gasteiger partial charge in [0.05, 0.1) is 24.8 Å². The summed E-state index contributed by atoms with van der Waals surface area (Å²) in [6.07, 6.45) is 3.38. The molecule has 11 heteroatoms. The number of hydrogen-bond donors (Lipinski definition) is 3. The van der Waals surface area contributed by atoms with Crippen molar-refractivity contribution in [3.05, 3.63) is 29.7 Å². The molecule has 1 aromatic heterocycles. The number of urea groups is 1. The third kappa shape index (κ3) is 4.22. The summed E-state index contributed by atoms with van der Waals surface area (Å²) >= 11 is 0. The number of ether oxygens (including phenoxy) is 1. The molecule has 4 rings (SSSR count). The van der Waals surface area contributed by atoms with Gasteiger partial charge in [0.15, 0.2) is 11.6 Å². The first kappa shape index (κ1) is 22.6. The molecule has 0 spiro atoms. The molecule has 2 aliphatic rings.